The Balaban J connectivity index is 0.000000185. The van der Waals surface area contributed by atoms with Gasteiger partial charge in [-0.2, -0.15) is 0 Å². The summed E-state index contributed by atoms with van der Waals surface area (Å²) in [6.07, 6.45) is 14.7. The number of nitrogen functional groups attached to an aromatic ring is 6. The highest BCUT2D eigenvalue weighted by Gasteiger charge is 2.28. The Bertz CT molecular complexity index is 4040. The molecule has 111 heavy (non-hydrogen) atoms. The minimum absolute atomic E-state index is 0.154. The maximum Gasteiger partial charge on any atom is 0.243 e. The van der Waals surface area contributed by atoms with Crippen molar-refractivity contribution in [3.63, 3.8) is 0 Å². The Hall–Kier alpha value is -10.2. The fourth-order valence-electron chi connectivity index (χ4n) is 12.2. The quantitative estimate of drug-likeness (QED) is 0.00968. The molecule has 0 spiro atoms. The van der Waals surface area contributed by atoms with Crippen LogP contribution < -0.4 is 72.0 Å². The fraction of sp³-hybridized carbons (Fsp3) is 0.481. The van der Waals surface area contributed by atoms with E-state index in [1.54, 1.807) is 91.0 Å². The van der Waals surface area contributed by atoms with E-state index in [4.69, 9.17) is 72.3 Å². The number of rotatable bonds is 27. The average molecular weight is 1550 g/mol. The topological polar surface area (TPSA) is 375 Å². The molecule has 30 heteroatoms. The molecule has 0 aliphatic carbocycles. The summed E-state index contributed by atoms with van der Waals surface area (Å²) in [5, 5.41) is 56.2. The van der Waals surface area contributed by atoms with Crippen molar-refractivity contribution in [2.24, 2.45) is 14.1 Å². The molecule has 6 heterocycles. The number of phenolic OH excluding ortho intramolecular Hbond substituents is 6. The molecule has 4 saturated heterocycles. The number of phenols is 6. The summed E-state index contributed by atoms with van der Waals surface area (Å²) >= 11 is 0. The number of hydrogen-bond donors (Lipinski definition) is 12. The van der Waals surface area contributed by atoms with Crippen LogP contribution in [0.3, 0.4) is 0 Å². The Kier molecular flexibility index (Phi) is 34.9. The number of nitrogens with two attached hydrogens (primary N) is 6. The molecule has 0 unspecified atom stereocenters. The van der Waals surface area contributed by atoms with Gasteiger partial charge in [0.25, 0.3) is 0 Å². The van der Waals surface area contributed by atoms with Gasteiger partial charge < -0.3 is 121 Å². The first-order chi connectivity index (χ1) is 52.9. The Labute approximate surface area is 655 Å². The van der Waals surface area contributed by atoms with Crippen LogP contribution >= 0.6 is 0 Å². The number of anilines is 6. The molecule has 6 aromatic carbocycles. The highest BCUT2D eigenvalue weighted by atomic mass is 16.5. The zero-order valence-electron chi connectivity index (χ0n) is 66.7. The van der Waals surface area contributed by atoms with Crippen molar-refractivity contribution in [2.45, 2.75) is 32.4 Å². The van der Waals surface area contributed by atoms with Gasteiger partial charge in [0.15, 0.2) is 0 Å². The molecule has 0 amide bonds. The number of ether oxygens (including phenoxy) is 8. The van der Waals surface area contributed by atoms with Gasteiger partial charge in [-0.25, -0.2) is 18.3 Å². The molecule has 0 atom stereocenters. The summed E-state index contributed by atoms with van der Waals surface area (Å²) in [5.41, 5.74) is 37.9. The van der Waals surface area contributed by atoms with Gasteiger partial charge in [-0.3, -0.25) is 9.80 Å². The number of likely N-dealkylation sites (N-methyl/N-ethyl adjacent to an activating group) is 4. The van der Waals surface area contributed by atoms with E-state index in [0.717, 1.165) is 155 Å². The molecule has 4 fully saturated rings. The second kappa shape index (κ2) is 44.0. The third-order valence-electron chi connectivity index (χ3n) is 19.8. The molecular formula is C81H128N16O14+6. The number of aromatic hydroxyl groups is 6. The maximum atomic E-state index is 9.40. The van der Waals surface area contributed by atoms with Crippen LogP contribution in [-0.4, -0.2) is 281 Å². The summed E-state index contributed by atoms with van der Waals surface area (Å²) in [5.74, 6) is 4.33. The first-order valence-corrected chi connectivity index (χ1v) is 38.1. The van der Waals surface area contributed by atoms with Gasteiger partial charge in [-0.1, -0.05) is 0 Å². The molecule has 18 N–H and O–H groups in total. The molecule has 12 rings (SSSR count). The molecule has 0 bridgehead atoms. The van der Waals surface area contributed by atoms with Gasteiger partial charge in [-0.05, 0) is 79.2 Å². The number of aryl methyl sites for hydroxylation is 3. The minimum Gasteiger partial charge on any atom is -0.508 e. The second-order valence-electron chi connectivity index (χ2n) is 30.4. The molecule has 0 radical (unpaired) electrons. The van der Waals surface area contributed by atoms with Gasteiger partial charge in [0.1, 0.15) is 153 Å². The SMILES string of the molecule is C[N+]1(C)CCN(CCCOc2cc(O)ccc2N)CC1.C[N+]1(C)CCN(CCOc2cc(O)ccc2N)CC1.C[N+]1(CCCOc2cc(O)ccc2N)CCOCC1.C[N+]1(CCOc2cc(O)ccc2N)CCOCC1.C[n+]1ccn(CCCOc2cc(O)ccc2N)c1.C[n+]1ccn(CCOc2cc(O)ccc2N)c1. The van der Waals surface area contributed by atoms with Gasteiger partial charge >= 0.3 is 0 Å². The second-order valence-corrected chi connectivity index (χ2v) is 30.4. The van der Waals surface area contributed by atoms with Crippen molar-refractivity contribution in [1.82, 2.24) is 18.9 Å². The first-order valence-electron chi connectivity index (χ1n) is 38.1. The van der Waals surface area contributed by atoms with E-state index in [2.05, 4.69) is 56.7 Å². The lowest BCUT2D eigenvalue weighted by Crippen LogP contribution is -2.55. The van der Waals surface area contributed by atoms with E-state index >= 15 is 0 Å². The van der Waals surface area contributed by atoms with E-state index in [0.29, 0.717) is 108 Å². The summed E-state index contributed by atoms with van der Waals surface area (Å²) in [4.78, 5) is 4.89. The van der Waals surface area contributed by atoms with Crippen LogP contribution in [-0.2, 0) is 36.7 Å². The van der Waals surface area contributed by atoms with Crippen molar-refractivity contribution in [3.05, 3.63) is 147 Å². The van der Waals surface area contributed by atoms with E-state index in [1.165, 1.54) is 44.4 Å². The molecule has 0 saturated carbocycles. The van der Waals surface area contributed by atoms with Crippen LogP contribution in [0.25, 0.3) is 0 Å². The molecule has 4 aliphatic heterocycles. The molecule has 8 aromatic rings. The van der Waals surface area contributed by atoms with E-state index in [9.17, 15) is 30.6 Å². The highest BCUT2D eigenvalue weighted by Crippen LogP contribution is 2.31. The lowest BCUT2D eigenvalue weighted by molar-refractivity contribution is -0.917. The molecule has 2 aromatic heterocycles. The van der Waals surface area contributed by atoms with Crippen LogP contribution in [0.4, 0.5) is 34.1 Å². The standard InChI is InChI=1S/C15H25N3O2.C14H23N3O2.C14H22N2O3.C13H17N3O2.C13H20N2O3.C12H15N3O2/c1-18(2)9-7-17(8-10-18)6-3-11-20-15-12-13(19)4-5-14(15)16;1-17(2)8-5-16(6-9-17)7-10-19-14-11-12(18)3-4-13(14)15;1-16(6-9-18-10-7-16)5-2-8-19-14-11-12(17)3-4-13(14)15;1-15-6-7-16(10-15)5-2-8-18-13-9-11(17)3-4-12(13)14;1-15(4-7-17-8-5-15)6-9-18-13-10-11(16)2-3-12(13)14;1-14-4-5-15(9-14)6-7-17-12-8-10(16)2-3-11(12)13/h4-5,12H,3,6-11,16H2,1-2H3;3-4,11H,5-10,15H2,1-2H3;3-4,11H,2,5-10,15H2,1H3;3-4,6-7,9-10H,2,5,8,14H2,1H3;2-3,10H,4-9,14H2,1H3;2-5,8-9H,6-7,13H2,1H3/p+6. The number of imidazole rings is 2. The molecular weight excluding hydrogens is 1420 g/mol. The van der Waals surface area contributed by atoms with Crippen LogP contribution in [0.1, 0.15) is 19.3 Å². The van der Waals surface area contributed by atoms with Crippen molar-refractivity contribution in [2.75, 3.05) is 247 Å². The monoisotopic (exact) mass is 1550 g/mol. The number of nitrogens with zero attached hydrogens (tertiary/aromatic N) is 10. The average Bonchev–Trinajstić information content (AvgIpc) is 1.37. The van der Waals surface area contributed by atoms with Gasteiger partial charge in [0, 0.05) is 88.5 Å². The number of morpholine rings is 2. The third-order valence-corrected chi connectivity index (χ3v) is 19.8. The number of benzene rings is 6. The Morgan fingerprint density at radius 2 is 0.622 bits per heavy atom. The number of quaternary nitrogens is 4. The van der Waals surface area contributed by atoms with Gasteiger partial charge in [0.05, 0.1) is 176 Å². The van der Waals surface area contributed by atoms with E-state index in [-0.39, 0.29) is 34.5 Å². The maximum absolute atomic E-state index is 9.40. The van der Waals surface area contributed by atoms with Gasteiger partial charge in [0.2, 0.25) is 12.7 Å². The third kappa shape index (κ3) is 32.7. The van der Waals surface area contributed by atoms with Crippen molar-refractivity contribution < 1.29 is 95.6 Å². The fourth-order valence-corrected chi connectivity index (χ4v) is 12.2. The summed E-state index contributed by atoms with van der Waals surface area (Å²) in [6.45, 7) is 25.8. The zero-order chi connectivity index (χ0) is 80.4. The van der Waals surface area contributed by atoms with Crippen LogP contribution in [0, 0.1) is 0 Å². The van der Waals surface area contributed by atoms with Crippen molar-refractivity contribution >= 4 is 34.1 Å². The van der Waals surface area contributed by atoms with E-state index < -0.39 is 0 Å². The van der Waals surface area contributed by atoms with Gasteiger partial charge in [-0.15, -0.1) is 0 Å². The molecule has 30 nitrogen and oxygen atoms in total. The smallest absolute Gasteiger partial charge is 0.243 e. The number of hydrogen-bond acceptors (Lipinski definition) is 22. The molecule has 4 aliphatic rings. The summed E-state index contributed by atoms with van der Waals surface area (Å²) in [6, 6.07) is 28.5. The molecule has 610 valence electrons. The van der Waals surface area contributed by atoms with E-state index in [1.807, 2.05) is 65.2 Å². The summed E-state index contributed by atoms with van der Waals surface area (Å²) < 4.78 is 56.6. The lowest BCUT2D eigenvalue weighted by atomic mass is 10.2. The predicted octanol–water partition coefficient (Wildman–Crippen LogP) is 5.68. The van der Waals surface area contributed by atoms with Crippen LogP contribution in [0.15, 0.2) is 147 Å². The lowest BCUT2D eigenvalue weighted by Gasteiger charge is -2.39. The highest BCUT2D eigenvalue weighted by molar-refractivity contribution is 5.59. The van der Waals surface area contributed by atoms with Crippen molar-refractivity contribution in [3.8, 4) is 69.0 Å². The Morgan fingerprint density at radius 3 is 0.955 bits per heavy atom. The predicted molar refractivity (Wildman–Crippen MR) is 433 cm³/mol. The minimum atomic E-state index is 0.154. The van der Waals surface area contributed by atoms with Crippen LogP contribution in [0.2, 0.25) is 0 Å². The zero-order valence-corrected chi connectivity index (χ0v) is 66.7. The number of piperazine rings is 2. The summed E-state index contributed by atoms with van der Waals surface area (Å²) in [7, 11) is 17.5. The van der Waals surface area contributed by atoms with Crippen LogP contribution in [0.5, 0.6) is 69.0 Å². The Morgan fingerprint density at radius 1 is 0.342 bits per heavy atom. The number of aromatic nitrogens is 4. The van der Waals surface area contributed by atoms with Crippen molar-refractivity contribution in [1.29, 1.82) is 0 Å². The first kappa shape index (κ1) is 88.0. The normalized spacial score (nSPS) is 16.1. The largest absolute Gasteiger partial charge is 0.508 e.